The summed E-state index contributed by atoms with van der Waals surface area (Å²) in [7, 11) is 0. The Kier molecular flexibility index (Phi) is 4.41. The van der Waals surface area contributed by atoms with E-state index in [2.05, 4.69) is 4.98 Å². The van der Waals surface area contributed by atoms with Gasteiger partial charge in [0, 0.05) is 18.2 Å². The van der Waals surface area contributed by atoms with Gasteiger partial charge in [-0.25, -0.2) is 4.79 Å². The Morgan fingerprint density at radius 2 is 1.65 bits per heavy atom. The summed E-state index contributed by atoms with van der Waals surface area (Å²) in [6, 6.07) is 12.8. The van der Waals surface area contributed by atoms with E-state index in [1.54, 1.807) is 30.3 Å². The van der Waals surface area contributed by atoms with Gasteiger partial charge in [0.25, 0.3) is 5.56 Å². The minimum absolute atomic E-state index is 0.0275. The van der Waals surface area contributed by atoms with Gasteiger partial charge in [0.15, 0.2) is 0 Å². The van der Waals surface area contributed by atoms with Crippen LogP contribution < -0.4 is 11.2 Å². The summed E-state index contributed by atoms with van der Waals surface area (Å²) in [6.07, 6.45) is -4.18. The van der Waals surface area contributed by atoms with Crippen LogP contribution in [0.25, 0.3) is 11.1 Å². The van der Waals surface area contributed by atoms with Crippen LogP contribution >= 0.6 is 0 Å². The minimum atomic E-state index is -4.41. The SMILES string of the molecule is O=c1cc(Cc2ccc(-c3cccc(C(F)(F)F)c3)cc2)[nH]c(=O)n1O. The zero-order valence-electron chi connectivity index (χ0n) is 13.2. The summed E-state index contributed by atoms with van der Waals surface area (Å²) in [4.78, 5) is 25.1. The molecule has 1 aromatic heterocycles. The summed E-state index contributed by atoms with van der Waals surface area (Å²) in [5.41, 5.74) is -0.399. The van der Waals surface area contributed by atoms with Crippen LogP contribution in [0, 0.1) is 0 Å². The molecule has 0 spiro atoms. The number of hydrogen-bond acceptors (Lipinski definition) is 3. The number of aromatic amines is 1. The van der Waals surface area contributed by atoms with E-state index in [1.807, 2.05) is 0 Å². The summed E-state index contributed by atoms with van der Waals surface area (Å²) in [6.45, 7) is 0. The number of aromatic nitrogens is 2. The molecule has 5 nitrogen and oxygen atoms in total. The van der Waals surface area contributed by atoms with Gasteiger partial charge in [-0.05, 0) is 28.8 Å². The third kappa shape index (κ3) is 3.69. The van der Waals surface area contributed by atoms with E-state index in [1.165, 1.54) is 6.07 Å². The highest BCUT2D eigenvalue weighted by atomic mass is 19.4. The maximum atomic E-state index is 12.8. The Hall–Kier alpha value is -3.29. The van der Waals surface area contributed by atoms with Crippen LogP contribution in [0.2, 0.25) is 0 Å². The topological polar surface area (TPSA) is 75.1 Å². The van der Waals surface area contributed by atoms with Gasteiger partial charge in [0.05, 0.1) is 5.56 Å². The minimum Gasteiger partial charge on any atom is -0.421 e. The quantitative estimate of drug-likeness (QED) is 0.703. The van der Waals surface area contributed by atoms with Crippen LogP contribution in [0.4, 0.5) is 13.2 Å². The van der Waals surface area contributed by atoms with E-state index in [0.717, 1.165) is 23.8 Å². The van der Waals surface area contributed by atoms with Crippen LogP contribution in [0.5, 0.6) is 0 Å². The second-order valence-electron chi connectivity index (χ2n) is 5.70. The van der Waals surface area contributed by atoms with E-state index in [4.69, 9.17) is 5.21 Å². The van der Waals surface area contributed by atoms with Crippen molar-refractivity contribution in [2.75, 3.05) is 0 Å². The monoisotopic (exact) mass is 362 g/mol. The van der Waals surface area contributed by atoms with Gasteiger partial charge in [-0.1, -0.05) is 41.1 Å². The lowest BCUT2D eigenvalue weighted by molar-refractivity contribution is -0.137. The van der Waals surface area contributed by atoms with Crippen molar-refractivity contribution in [3.63, 3.8) is 0 Å². The number of H-pyrrole nitrogens is 1. The number of hydrogen-bond donors (Lipinski definition) is 2. The second kappa shape index (κ2) is 6.55. The average molecular weight is 362 g/mol. The second-order valence-corrected chi connectivity index (χ2v) is 5.70. The third-order valence-electron chi connectivity index (χ3n) is 3.84. The maximum Gasteiger partial charge on any atom is 0.416 e. The summed E-state index contributed by atoms with van der Waals surface area (Å²) in [5.74, 6) is 0. The van der Waals surface area contributed by atoms with Crippen LogP contribution in [-0.4, -0.2) is 14.9 Å². The molecule has 3 rings (SSSR count). The number of rotatable bonds is 3. The van der Waals surface area contributed by atoms with Gasteiger partial charge in [0.1, 0.15) is 0 Å². The molecule has 1 heterocycles. The molecule has 0 aliphatic heterocycles. The van der Waals surface area contributed by atoms with E-state index >= 15 is 0 Å². The van der Waals surface area contributed by atoms with Gasteiger partial charge in [-0.2, -0.15) is 13.2 Å². The first-order valence-corrected chi connectivity index (χ1v) is 7.55. The van der Waals surface area contributed by atoms with Gasteiger partial charge in [-0.3, -0.25) is 4.79 Å². The number of nitrogens with one attached hydrogen (secondary N) is 1. The predicted octanol–water partition coefficient (Wildman–Crippen LogP) is 3.05. The number of halogens is 3. The van der Waals surface area contributed by atoms with Gasteiger partial charge < -0.3 is 10.2 Å². The number of alkyl halides is 3. The maximum absolute atomic E-state index is 12.8. The molecular weight excluding hydrogens is 349 g/mol. The molecule has 2 N–H and O–H groups in total. The Balaban J connectivity index is 1.85. The van der Waals surface area contributed by atoms with Crippen molar-refractivity contribution < 1.29 is 18.4 Å². The third-order valence-corrected chi connectivity index (χ3v) is 3.84. The van der Waals surface area contributed by atoms with Crippen molar-refractivity contribution in [2.45, 2.75) is 12.6 Å². The molecule has 0 unspecified atom stereocenters. The van der Waals surface area contributed by atoms with E-state index in [-0.39, 0.29) is 11.2 Å². The molecule has 134 valence electrons. The number of nitrogens with zero attached hydrogens (tertiary/aromatic N) is 1. The smallest absolute Gasteiger partial charge is 0.416 e. The van der Waals surface area contributed by atoms with Gasteiger partial charge in [0.2, 0.25) is 0 Å². The fourth-order valence-corrected chi connectivity index (χ4v) is 2.54. The van der Waals surface area contributed by atoms with Gasteiger partial charge in [-0.15, -0.1) is 0 Å². The molecular formula is C18H13F3N2O3. The molecule has 0 aliphatic rings. The van der Waals surface area contributed by atoms with Crippen molar-refractivity contribution in [3.8, 4) is 11.1 Å². The Morgan fingerprint density at radius 3 is 2.27 bits per heavy atom. The Morgan fingerprint density at radius 1 is 0.962 bits per heavy atom. The fourth-order valence-electron chi connectivity index (χ4n) is 2.54. The highest BCUT2D eigenvalue weighted by Crippen LogP contribution is 2.32. The first-order chi connectivity index (χ1) is 12.2. The molecule has 0 saturated carbocycles. The van der Waals surface area contributed by atoms with Crippen molar-refractivity contribution in [2.24, 2.45) is 0 Å². The average Bonchev–Trinajstić information content (AvgIpc) is 2.60. The number of benzene rings is 2. The lowest BCUT2D eigenvalue weighted by Gasteiger charge is -2.09. The molecule has 2 aromatic carbocycles. The normalized spacial score (nSPS) is 11.5. The molecule has 0 atom stereocenters. The van der Waals surface area contributed by atoms with E-state index in [9.17, 15) is 22.8 Å². The predicted molar refractivity (Wildman–Crippen MR) is 88.2 cm³/mol. The van der Waals surface area contributed by atoms with Crippen molar-refractivity contribution >= 4 is 0 Å². The van der Waals surface area contributed by atoms with Crippen molar-refractivity contribution in [1.29, 1.82) is 0 Å². The lowest BCUT2D eigenvalue weighted by atomic mass is 10.0. The molecule has 8 heteroatoms. The molecule has 0 fully saturated rings. The van der Waals surface area contributed by atoms with Gasteiger partial charge >= 0.3 is 11.9 Å². The fraction of sp³-hybridized carbons (Fsp3) is 0.111. The van der Waals surface area contributed by atoms with Crippen molar-refractivity contribution in [3.05, 3.63) is 92.3 Å². The summed E-state index contributed by atoms with van der Waals surface area (Å²) >= 11 is 0. The highest BCUT2D eigenvalue weighted by molar-refractivity contribution is 5.64. The largest absolute Gasteiger partial charge is 0.421 e. The Bertz CT molecular complexity index is 1020. The lowest BCUT2D eigenvalue weighted by Crippen LogP contribution is -2.33. The van der Waals surface area contributed by atoms with Crippen molar-refractivity contribution in [1.82, 2.24) is 9.71 Å². The molecule has 0 bridgehead atoms. The van der Waals surface area contributed by atoms with E-state index < -0.39 is 23.0 Å². The van der Waals surface area contributed by atoms with Crippen LogP contribution in [0.15, 0.2) is 64.2 Å². The highest BCUT2D eigenvalue weighted by Gasteiger charge is 2.30. The zero-order valence-corrected chi connectivity index (χ0v) is 13.2. The molecule has 3 aromatic rings. The first kappa shape index (κ1) is 17.5. The molecule has 0 saturated heterocycles. The molecule has 0 amide bonds. The van der Waals surface area contributed by atoms with Crippen LogP contribution in [-0.2, 0) is 12.6 Å². The standard InChI is InChI=1S/C18H13F3N2O3/c19-18(20,21)14-3-1-2-13(9-14)12-6-4-11(5-7-12)8-15-10-16(24)23(26)17(25)22-15/h1-7,9-10,26H,8H2,(H,22,25). The zero-order chi connectivity index (χ0) is 18.9. The van der Waals surface area contributed by atoms with Crippen LogP contribution in [0.3, 0.4) is 0 Å². The van der Waals surface area contributed by atoms with E-state index in [0.29, 0.717) is 16.8 Å². The van der Waals surface area contributed by atoms with Crippen LogP contribution in [0.1, 0.15) is 16.8 Å². The molecule has 0 aliphatic carbocycles. The summed E-state index contributed by atoms with van der Waals surface area (Å²) in [5, 5.41) is 9.12. The first-order valence-electron chi connectivity index (χ1n) is 7.55. The Labute approximate surface area is 144 Å². The molecule has 0 radical (unpaired) electrons. The summed E-state index contributed by atoms with van der Waals surface area (Å²) < 4.78 is 38.4. The molecule has 26 heavy (non-hydrogen) atoms.